The number of rotatable bonds is 2. The second-order valence-corrected chi connectivity index (χ2v) is 4.56. The van der Waals surface area contributed by atoms with Crippen molar-refractivity contribution in [2.45, 2.75) is 19.9 Å². The van der Waals surface area contributed by atoms with Gasteiger partial charge in [0.05, 0.1) is 5.69 Å². The zero-order valence-corrected chi connectivity index (χ0v) is 10.9. The van der Waals surface area contributed by atoms with E-state index in [2.05, 4.69) is 10.3 Å². The summed E-state index contributed by atoms with van der Waals surface area (Å²) in [6, 6.07) is 1.94. The predicted octanol–water partition coefficient (Wildman–Crippen LogP) is 0.452. The van der Waals surface area contributed by atoms with E-state index in [9.17, 15) is 9.59 Å². The van der Waals surface area contributed by atoms with Gasteiger partial charge in [0.25, 0.3) is 5.56 Å². The van der Waals surface area contributed by atoms with Crippen molar-refractivity contribution in [1.82, 2.24) is 14.1 Å². The van der Waals surface area contributed by atoms with Gasteiger partial charge in [0.2, 0.25) is 0 Å². The largest absolute Gasteiger partial charge is 0.382 e. The van der Waals surface area contributed by atoms with Crippen molar-refractivity contribution >= 4 is 16.7 Å². The maximum Gasteiger partial charge on any atom is 0.332 e. The minimum atomic E-state index is -0.373. The van der Waals surface area contributed by atoms with E-state index in [-0.39, 0.29) is 17.3 Å². The number of aryl methyl sites for hydroxylation is 1. The highest BCUT2D eigenvalue weighted by molar-refractivity contribution is 5.88. The molecule has 1 N–H and O–H groups in total. The summed E-state index contributed by atoms with van der Waals surface area (Å²) >= 11 is 0. The van der Waals surface area contributed by atoms with E-state index in [1.807, 2.05) is 13.8 Å². The molecule has 2 aromatic heterocycles. The molecular formula is C12H16N4O2. The van der Waals surface area contributed by atoms with Crippen LogP contribution in [-0.4, -0.2) is 20.2 Å². The van der Waals surface area contributed by atoms with Gasteiger partial charge in [-0.15, -0.1) is 0 Å². The van der Waals surface area contributed by atoms with Crippen LogP contribution in [0.5, 0.6) is 0 Å². The van der Waals surface area contributed by atoms with Crippen molar-refractivity contribution in [3.05, 3.63) is 33.1 Å². The van der Waals surface area contributed by atoms with E-state index in [1.165, 1.54) is 11.6 Å². The highest BCUT2D eigenvalue weighted by Crippen LogP contribution is 2.16. The molecule has 0 aromatic carbocycles. The Bertz CT molecular complexity index is 712. The first-order valence-corrected chi connectivity index (χ1v) is 5.74. The van der Waals surface area contributed by atoms with Crippen molar-refractivity contribution in [2.24, 2.45) is 14.1 Å². The Kier molecular flexibility index (Phi) is 2.94. The number of hydrogen-bond acceptors (Lipinski definition) is 4. The molecule has 0 unspecified atom stereocenters. The standard InChI is InChI=1S/C12H16N4O2/c1-7(2)14-8-5-6-13-10-9(8)11(17)16(4)12(18)15(10)3/h5-7H,1-4H3,(H,13,14). The quantitative estimate of drug-likeness (QED) is 0.838. The van der Waals surface area contributed by atoms with Gasteiger partial charge in [0.15, 0.2) is 5.65 Å². The monoisotopic (exact) mass is 248 g/mol. The smallest absolute Gasteiger partial charge is 0.332 e. The third kappa shape index (κ3) is 1.79. The molecule has 0 aliphatic carbocycles. The van der Waals surface area contributed by atoms with Crippen LogP contribution >= 0.6 is 0 Å². The van der Waals surface area contributed by atoms with Crippen LogP contribution in [0.2, 0.25) is 0 Å². The van der Waals surface area contributed by atoms with E-state index in [4.69, 9.17) is 0 Å². The van der Waals surface area contributed by atoms with Gasteiger partial charge in [-0.1, -0.05) is 0 Å². The van der Waals surface area contributed by atoms with E-state index in [1.54, 1.807) is 19.3 Å². The number of aromatic nitrogens is 3. The Morgan fingerprint density at radius 2 is 1.89 bits per heavy atom. The lowest BCUT2D eigenvalue weighted by atomic mass is 10.2. The molecule has 0 spiro atoms. The van der Waals surface area contributed by atoms with Crippen LogP contribution in [0, 0.1) is 0 Å². The fourth-order valence-electron chi connectivity index (χ4n) is 1.92. The Balaban J connectivity index is 2.93. The molecule has 0 atom stereocenters. The normalized spacial score (nSPS) is 11.2. The zero-order valence-electron chi connectivity index (χ0n) is 10.9. The topological polar surface area (TPSA) is 68.9 Å². The molecule has 0 bridgehead atoms. The minimum Gasteiger partial charge on any atom is -0.382 e. The molecular weight excluding hydrogens is 232 g/mol. The van der Waals surface area contributed by atoms with Crippen LogP contribution in [0.1, 0.15) is 13.8 Å². The average Bonchev–Trinajstić information content (AvgIpc) is 2.32. The Morgan fingerprint density at radius 1 is 1.22 bits per heavy atom. The van der Waals surface area contributed by atoms with Crippen LogP contribution in [0.25, 0.3) is 11.0 Å². The lowest BCUT2D eigenvalue weighted by Crippen LogP contribution is -2.37. The van der Waals surface area contributed by atoms with Gasteiger partial charge < -0.3 is 5.32 Å². The minimum absolute atomic E-state index is 0.192. The molecule has 6 heteroatoms. The number of pyridine rings is 1. The molecule has 6 nitrogen and oxygen atoms in total. The summed E-state index contributed by atoms with van der Waals surface area (Å²) in [4.78, 5) is 28.1. The summed E-state index contributed by atoms with van der Waals surface area (Å²) < 4.78 is 2.47. The molecule has 0 amide bonds. The molecule has 2 rings (SSSR count). The molecule has 0 radical (unpaired) electrons. The Hall–Kier alpha value is -2.11. The van der Waals surface area contributed by atoms with Crippen molar-refractivity contribution in [2.75, 3.05) is 5.32 Å². The van der Waals surface area contributed by atoms with Gasteiger partial charge in [-0.3, -0.25) is 13.9 Å². The first-order valence-electron chi connectivity index (χ1n) is 5.74. The highest BCUT2D eigenvalue weighted by Gasteiger charge is 2.13. The number of hydrogen-bond donors (Lipinski definition) is 1. The fraction of sp³-hybridized carbons (Fsp3) is 0.417. The maximum absolute atomic E-state index is 12.2. The molecule has 0 saturated carbocycles. The predicted molar refractivity (Wildman–Crippen MR) is 71.0 cm³/mol. The second kappa shape index (κ2) is 4.29. The number of anilines is 1. The number of fused-ring (bicyclic) bond motifs is 1. The van der Waals surface area contributed by atoms with Gasteiger partial charge in [0, 0.05) is 26.3 Å². The second-order valence-electron chi connectivity index (χ2n) is 4.56. The van der Waals surface area contributed by atoms with Gasteiger partial charge in [0.1, 0.15) is 5.39 Å². The summed E-state index contributed by atoms with van der Waals surface area (Å²) in [5, 5.41) is 3.63. The van der Waals surface area contributed by atoms with Crippen molar-refractivity contribution < 1.29 is 0 Å². The molecule has 0 saturated heterocycles. The number of nitrogens with zero attached hydrogens (tertiary/aromatic N) is 3. The number of nitrogens with one attached hydrogen (secondary N) is 1. The SMILES string of the molecule is CC(C)Nc1ccnc2c1c(=O)n(C)c(=O)n2C. The summed E-state index contributed by atoms with van der Waals surface area (Å²) in [7, 11) is 3.08. The third-order valence-electron chi connectivity index (χ3n) is 2.79. The van der Waals surface area contributed by atoms with E-state index < -0.39 is 0 Å². The van der Waals surface area contributed by atoms with Gasteiger partial charge in [-0.05, 0) is 19.9 Å². The average molecular weight is 248 g/mol. The molecule has 0 aliphatic rings. The Morgan fingerprint density at radius 3 is 2.50 bits per heavy atom. The maximum atomic E-state index is 12.2. The molecule has 0 fully saturated rings. The summed E-state index contributed by atoms with van der Waals surface area (Å²) in [6.45, 7) is 3.97. The lowest BCUT2D eigenvalue weighted by Gasteiger charge is -2.13. The van der Waals surface area contributed by atoms with E-state index in [0.717, 1.165) is 4.57 Å². The Labute approximate surface area is 104 Å². The van der Waals surface area contributed by atoms with Crippen LogP contribution < -0.4 is 16.6 Å². The van der Waals surface area contributed by atoms with Gasteiger partial charge in [-0.25, -0.2) is 9.78 Å². The summed E-state index contributed by atoms with van der Waals surface area (Å²) in [5.74, 6) is 0. The van der Waals surface area contributed by atoms with E-state index in [0.29, 0.717) is 16.7 Å². The molecule has 0 aliphatic heterocycles. The first-order chi connectivity index (χ1) is 8.43. The third-order valence-corrected chi connectivity index (χ3v) is 2.79. The van der Waals surface area contributed by atoms with Crippen molar-refractivity contribution in [1.29, 1.82) is 0 Å². The zero-order chi connectivity index (χ0) is 13.4. The summed E-state index contributed by atoms with van der Waals surface area (Å²) in [5.41, 5.74) is 0.394. The van der Waals surface area contributed by atoms with Crippen LogP contribution in [0.4, 0.5) is 5.69 Å². The highest BCUT2D eigenvalue weighted by atomic mass is 16.2. The molecule has 96 valence electrons. The molecule has 2 aromatic rings. The van der Waals surface area contributed by atoms with Crippen LogP contribution in [-0.2, 0) is 14.1 Å². The van der Waals surface area contributed by atoms with Crippen molar-refractivity contribution in [3.63, 3.8) is 0 Å². The van der Waals surface area contributed by atoms with Crippen LogP contribution in [0.3, 0.4) is 0 Å². The lowest BCUT2D eigenvalue weighted by molar-refractivity contribution is 0.707. The summed E-state index contributed by atoms with van der Waals surface area (Å²) in [6.07, 6.45) is 1.59. The first kappa shape index (κ1) is 12.3. The molecule has 2 heterocycles. The van der Waals surface area contributed by atoms with Gasteiger partial charge >= 0.3 is 5.69 Å². The molecule has 18 heavy (non-hydrogen) atoms. The van der Waals surface area contributed by atoms with Gasteiger partial charge in [-0.2, -0.15) is 0 Å². The van der Waals surface area contributed by atoms with Crippen molar-refractivity contribution in [3.8, 4) is 0 Å². The fourth-order valence-corrected chi connectivity index (χ4v) is 1.92. The van der Waals surface area contributed by atoms with Crippen LogP contribution in [0.15, 0.2) is 21.9 Å². The van der Waals surface area contributed by atoms with E-state index >= 15 is 0 Å².